The molecule has 1 aromatic carbocycles. The SMILES string of the molecule is CC1CCCN(Cc2ccccc2CNC(=O)C2(N)CCCCC2)C1.Cl.Cl. The molecule has 0 aromatic heterocycles. The van der Waals surface area contributed by atoms with E-state index in [-0.39, 0.29) is 30.7 Å². The zero-order chi connectivity index (χ0) is 17.7. The Morgan fingerprint density at radius 3 is 2.48 bits per heavy atom. The normalized spacial score (nSPS) is 22.2. The monoisotopic (exact) mass is 415 g/mol. The van der Waals surface area contributed by atoms with Gasteiger partial charge in [-0.25, -0.2) is 0 Å². The summed E-state index contributed by atoms with van der Waals surface area (Å²) >= 11 is 0. The third-order valence-electron chi connectivity index (χ3n) is 5.89. The van der Waals surface area contributed by atoms with Gasteiger partial charge in [0.05, 0.1) is 5.54 Å². The largest absolute Gasteiger partial charge is 0.350 e. The van der Waals surface area contributed by atoms with Gasteiger partial charge in [0, 0.05) is 19.6 Å². The maximum absolute atomic E-state index is 12.6. The Morgan fingerprint density at radius 2 is 1.81 bits per heavy atom. The Bertz CT molecular complexity index is 591. The zero-order valence-corrected chi connectivity index (χ0v) is 18.0. The van der Waals surface area contributed by atoms with Crippen molar-refractivity contribution in [3.8, 4) is 0 Å². The molecular weight excluding hydrogens is 381 g/mol. The van der Waals surface area contributed by atoms with Gasteiger partial charge >= 0.3 is 0 Å². The fourth-order valence-corrected chi connectivity index (χ4v) is 4.32. The predicted molar refractivity (Wildman–Crippen MR) is 116 cm³/mol. The number of nitrogens with one attached hydrogen (secondary N) is 1. The molecule has 3 N–H and O–H groups in total. The highest BCUT2D eigenvalue weighted by Gasteiger charge is 2.35. The van der Waals surface area contributed by atoms with E-state index in [0.717, 1.165) is 38.1 Å². The van der Waals surface area contributed by atoms with Gasteiger partial charge < -0.3 is 11.1 Å². The van der Waals surface area contributed by atoms with Crippen molar-refractivity contribution in [2.75, 3.05) is 13.1 Å². The van der Waals surface area contributed by atoms with Crippen molar-refractivity contribution >= 4 is 30.7 Å². The number of halogens is 2. The van der Waals surface area contributed by atoms with Crippen molar-refractivity contribution in [2.24, 2.45) is 11.7 Å². The Hall–Kier alpha value is -0.810. The summed E-state index contributed by atoms with van der Waals surface area (Å²) < 4.78 is 0. The van der Waals surface area contributed by atoms with Crippen molar-refractivity contribution in [3.05, 3.63) is 35.4 Å². The Balaban J connectivity index is 0.00000182. The molecule has 27 heavy (non-hydrogen) atoms. The van der Waals surface area contributed by atoms with E-state index < -0.39 is 5.54 Å². The van der Waals surface area contributed by atoms with Gasteiger partial charge in [-0.2, -0.15) is 0 Å². The molecule has 1 saturated carbocycles. The highest BCUT2D eigenvalue weighted by atomic mass is 35.5. The minimum absolute atomic E-state index is 0. The average Bonchev–Trinajstić information content (AvgIpc) is 2.61. The van der Waals surface area contributed by atoms with Gasteiger partial charge in [-0.05, 0) is 49.3 Å². The van der Waals surface area contributed by atoms with Crippen molar-refractivity contribution in [3.63, 3.8) is 0 Å². The number of piperidine rings is 1. The lowest BCUT2D eigenvalue weighted by Gasteiger charge is -2.32. The lowest BCUT2D eigenvalue weighted by Crippen LogP contribution is -2.54. The molecular formula is C21H35Cl2N3O. The molecule has 0 spiro atoms. The van der Waals surface area contributed by atoms with Gasteiger partial charge in [0.1, 0.15) is 0 Å². The van der Waals surface area contributed by atoms with Crippen LogP contribution in [0.1, 0.15) is 63.0 Å². The quantitative estimate of drug-likeness (QED) is 0.762. The van der Waals surface area contributed by atoms with Crippen molar-refractivity contribution in [2.45, 2.75) is 70.5 Å². The molecule has 1 aliphatic carbocycles. The molecule has 3 rings (SSSR count). The van der Waals surface area contributed by atoms with Crippen LogP contribution in [0.3, 0.4) is 0 Å². The van der Waals surface area contributed by atoms with E-state index in [1.165, 1.54) is 43.5 Å². The van der Waals surface area contributed by atoms with Crippen LogP contribution in [-0.4, -0.2) is 29.4 Å². The zero-order valence-electron chi connectivity index (χ0n) is 16.4. The highest BCUT2D eigenvalue weighted by molar-refractivity contribution is 5.86. The average molecular weight is 416 g/mol. The molecule has 1 saturated heterocycles. The topological polar surface area (TPSA) is 58.4 Å². The summed E-state index contributed by atoms with van der Waals surface area (Å²) in [6.45, 7) is 6.24. The van der Waals surface area contributed by atoms with Gasteiger partial charge in [0.2, 0.25) is 5.91 Å². The molecule has 1 aromatic rings. The maximum Gasteiger partial charge on any atom is 0.240 e. The summed E-state index contributed by atoms with van der Waals surface area (Å²) in [6.07, 6.45) is 7.57. The van der Waals surface area contributed by atoms with Crippen molar-refractivity contribution in [1.82, 2.24) is 10.2 Å². The summed E-state index contributed by atoms with van der Waals surface area (Å²) in [5, 5.41) is 3.11. The predicted octanol–water partition coefficient (Wildman–Crippen LogP) is 4.04. The molecule has 1 unspecified atom stereocenters. The summed E-state index contributed by atoms with van der Waals surface area (Å²) in [5.41, 5.74) is 8.23. The molecule has 0 radical (unpaired) electrons. The molecule has 6 heteroatoms. The standard InChI is InChI=1S/C21H33N3O.2ClH/c1-17-8-7-13-24(15-17)16-19-10-4-3-9-18(19)14-23-20(25)21(22)11-5-2-6-12-21;;/h3-4,9-10,17H,2,5-8,11-16,22H2,1H3,(H,23,25);2*1H. The summed E-state index contributed by atoms with van der Waals surface area (Å²) in [4.78, 5) is 15.1. The minimum atomic E-state index is -0.657. The number of benzene rings is 1. The Kier molecular flexibility index (Phi) is 10.1. The molecule has 2 fully saturated rings. The lowest BCUT2D eigenvalue weighted by molar-refractivity contribution is -0.127. The highest BCUT2D eigenvalue weighted by Crippen LogP contribution is 2.26. The number of hydrogen-bond donors (Lipinski definition) is 2. The molecule has 1 aliphatic heterocycles. The smallest absolute Gasteiger partial charge is 0.240 e. The number of amides is 1. The van der Waals surface area contributed by atoms with Crippen molar-refractivity contribution < 1.29 is 4.79 Å². The first kappa shape index (κ1) is 24.2. The van der Waals surface area contributed by atoms with Crippen LogP contribution in [0, 0.1) is 5.92 Å². The molecule has 2 aliphatic rings. The Morgan fingerprint density at radius 1 is 1.15 bits per heavy atom. The van der Waals surface area contributed by atoms with Crippen LogP contribution in [0.5, 0.6) is 0 Å². The van der Waals surface area contributed by atoms with Crippen LogP contribution in [-0.2, 0) is 17.9 Å². The van der Waals surface area contributed by atoms with E-state index >= 15 is 0 Å². The number of rotatable bonds is 5. The van der Waals surface area contributed by atoms with Crippen LogP contribution in [0.15, 0.2) is 24.3 Å². The van der Waals surface area contributed by atoms with Crippen LogP contribution in [0.2, 0.25) is 0 Å². The number of hydrogen-bond acceptors (Lipinski definition) is 3. The summed E-state index contributed by atoms with van der Waals surface area (Å²) in [7, 11) is 0. The fourth-order valence-electron chi connectivity index (χ4n) is 4.32. The van der Waals surface area contributed by atoms with Gasteiger partial charge in [-0.1, -0.05) is 50.5 Å². The van der Waals surface area contributed by atoms with Crippen LogP contribution in [0.25, 0.3) is 0 Å². The van der Waals surface area contributed by atoms with Gasteiger partial charge in [0.25, 0.3) is 0 Å². The summed E-state index contributed by atoms with van der Waals surface area (Å²) in [6, 6.07) is 8.48. The van der Waals surface area contributed by atoms with E-state index in [4.69, 9.17) is 5.73 Å². The molecule has 1 heterocycles. The van der Waals surface area contributed by atoms with E-state index in [0.29, 0.717) is 6.54 Å². The first-order chi connectivity index (χ1) is 12.1. The van der Waals surface area contributed by atoms with Gasteiger partial charge in [0.15, 0.2) is 0 Å². The number of likely N-dealkylation sites (tertiary alicyclic amines) is 1. The molecule has 0 bridgehead atoms. The van der Waals surface area contributed by atoms with E-state index in [9.17, 15) is 4.79 Å². The number of carbonyl (C=O) groups is 1. The lowest BCUT2D eigenvalue weighted by atomic mass is 9.82. The van der Waals surface area contributed by atoms with E-state index in [1.54, 1.807) is 0 Å². The van der Waals surface area contributed by atoms with Gasteiger partial charge in [-0.3, -0.25) is 9.69 Å². The van der Waals surface area contributed by atoms with Gasteiger partial charge in [-0.15, -0.1) is 24.8 Å². The van der Waals surface area contributed by atoms with Crippen LogP contribution in [0.4, 0.5) is 0 Å². The van der Waals surface area contributed by atoms with E-state index in [2.05, 4.69) is 41.4 Å². The molecule has 1 atom stereocenters. The van der Waals surface area contributed by atoms with Crippen LogP contribution >= 0.6 is 24.8 Å². The Labute approximate surface area is 176 Å². The second-order valence-electron chi connectivity index (χ2n) is 8.15. The minimum Gasteiger partial charge on any atom is -0.350 e. The first-order valence-corrected chi connectivity index (χ1v) is 9.93. The molecule has 154 valence electrons. The third kappa shape index (κ3) is 6.63. The number of carbonyl (C=O) groups excluding carboxylic acids is 1. The van der Waals surface area contributed by atoms with E-state index in [1.807, 2.05) is 0 Å². The second-order valence-corrected chi connectivity index (χ2v) is 8.15. The number of nitrogens with two attached hydrogens (primary N) is 1. The van der Waals surface area contributed by atoms with Crippen molar-refractivity contribution in [1.29, 1.82) is 0 Å². The second kappa shape index (κ2) is 11.3. The third-order valence-corrected chi connectivity index (χ3v) is 5.89. The summed E-state index contributed by atoms with van der Waals surface area (Å²) in [5.74, 6) is 0.803. The molecule has 1 amide bonds. The maximum atomic E-state index is 12.6. The number of nitrogens with zero attached hydrogens (tertiary/aromatic N) is 1. The van der Waals surface area contributed by atoms with Crippen LogP contribution < -0.4 is 11.1 Å². The fraction of sp³-hybridized carbons (Fsp3) is 0.667. The molecule has 4 nitrogen and oxygen atoms in total. The first-order valence-electron chi connectivity index (χ1n) is 9.93.